The fraction of sp³-hybridized carbons (Fsp3) is 0.176. The van der Waals surface area contributed by atoms with E-state index in [1.54, 1.807) is 18.3 Å². The Morgan fingerprint density at radius 3 is 2.71 bits per heavy atom. The van der Waals surface area contributed by atoms with E-state index in [0.717, 1.165) is 5.56 Å². The number of carbonyl (C=O) groups is 1. The monoisotopic (exact) mass is 324 g/mol. The van der Waals surface area contributed by atoms with Gasteiger partial charge in [-0.05, 0) is 17.7 Å². The molecule has 0 unspecified atom stereocenters. The summed E-state index contributed by atoms with van der Waals surface area (Å²) in [6.07, 6.45) is 0.959. The summed E-state index contributed by atoms with van der Waals surface area (Å²) in [5.74, 6) is 0.402. The van der Waals surface area contributed by atoms with Crippen molar-refractivity contribution in [1.29, 1.82) is 0 Å². The molecule has 3 rings (SSSR count). The zero-order valence-electron chi connectivity index (χ0n) is 13.0. The highest BCUT2D eigenvalue weighted by atomic mass is 16.5. The number of methoxy groups -OCH3 is 1. The number of nitrogens with one attached hydrogen (secondary N) is 1. The number of nitrogens with zero attached hydrogens (tertiary/aromatic N) is 3. The van der Waals surface area contributed by atoms with Gasteiger partial charge in [-0.2, -0.15) is 4.98 Å². The largest absolute Gasteiger partial charge is 0.367 e. The van der Waals surface area contributed by atoms with Crippen LogP contribution in [0.25, 0.3) is 11.5 Å². The summed E-state index contributed by atoms with van der Waals surface area (Å²) in [6, 6.07) is 14.7. The van der Waals surface area contributed by atoms with Gasteiger partial charge in [0.25, 0.3) is 5.91 Å². The molecule has 1 aromatic carbocycles. The number of hydrogen-bond donors (Lipinski definition) is 1. The average Bonchev–Trinajstić information content (AvgIpc) is 3.11. The quantitative estimate of drug-likeness (QED) is 0.747. The van der Waals surface area contributed by atoms with Gasteiger partial charge in [-0.25, -0.2) is 0 Å². The third-order valence-electron chi connectivity index (χ3n) is 3.35. The minimum absolute atomic E-state index is 0.116. The van der Waals surface area contributed by atoms with E-state index >= 15 is 0 Å². The number of carbonyl (C=O) groups excluding carboxylic acids is 1. The zero-order valence-corrected chi connectivity index (χ0v) is 13.0. The molecule has 0 spiro atoms. The van der Waals surface area contributed by atoms with Crippen molar-refractivity contribution in [1.82, 2.24) is 20.4 Å². The molecule has 0 fully saturated rings. The maximum atomic E-state index is 12.3. The van der Waals surface area contributed by atoms with Gasteiger partial charge in [0.2, 0.25) is 11.7 Å². The lowest BCUT2D eigenvalue weighted by atomic mass is 10.1. The van der Waals surface area contributed by atoms with E-state index in [9.17, 15) is 4.79 Å². The molecular weight excluding hydrogens is 308 g/mol. The highest BCUT2D eigenvalue weighted by Crippen LogP contribution is 2.16. The van der Waals surface area contributed by atoms with Gasteiger partial charge in [0.15, 0.2) is 6.10 Å². The van der Waals surface area contributed by atoms with Crippen LogP contribution in [0.5, 0.6) is 0 Å². The summed E-state index contributed by atoms with van der Waals surface area (Å²) < 4.78 is 10.4. The van der Waals surface area contributed by atoms with E-state index in [1.807, 2.05) is 36.4 Å². The second-order valence-electron chi connectivity index (χ2n) is 4.97. The molecular formula is C17H16N4O3. The van der Waals surface area contributed by atoms with Gasteiger partial charge < -0.3 is 14.6 Å². The highest BCUT2D eigenvalue weighted by Gasteiger charge is 2.20. The zero-order chi connectivity index (χ0) is 16.8. The van der Waals surface area contributed by atoms with E-state index in [2.05, 4.69) is 20.4 Å². The molecule has 0 radical (unpaired) electrons. The van der Waals surface area contributed by atoms with E-state index in [1.165, 1.54) is 7.11 Å². The van der Waals surface area contributed by atoms with Gasteiger partial charge in [0.1, 0.15) is 5.69 Å². The lowest BCUT2D eigenvalue weighted by Crippen LogP contribution is -2.30. The standard InChI is InChI=1S/C17H16N4O3/c1-23-15(12-7-3-2-4-8-12)17(22)19-11-14-20-16(21-24-14)13-9-5-6-10-18-13/h2-10,15H,11H2,1H3,(H,19,22)/t15-/m0/s1. The first kappa shape index (κ1) is 15.8. The van der Waals surface area contributed by atoms with Crippen LogP contribution >= 0.6 is 0 Å². The van der Waals surface area contributed by atoms with Crippen molar-refractivity contribution in [3.63, 3.8) is 0 Å². The van der Waals surface area contributed by atoms with Gasteiger partial charge in [-0.3, -0.25) is 9.78 Å². The Bertz CT molecular complexity index is 790. The Hall–Kier alpha value is -3.06. The molecule has 7 heteroatoms. The fourth-order valence-electron chi connectivity index (χ4n) is 2.20. The first-order valence-corrected chi connectivity index (χ1v) is 7.37. The Morgan fingerprint density at radius 1 is 1.21 bits per heavy atom. The number of benzene rings is 1. The molecule has 0 aliphatic heterocycles. The second kappa shape index (κ2) is 7.47. The van der Waals surface area contributed by atoms with Crippen molar-refractivity contribution >= 4 is 5.91 Å². The molecule has 1 amide bonds. The van der Waals surface area contributed by atoms with E-state index in [-0.39, 0.29) is 12.5 Å². The van der Waals surface area contributed by atoms with Crippen LogP contribution in [0.1, 0.15) is 17.6 Å². The van der Waals surface area contributed by atoms with Crippen molar-refractivity contribution in [2.24, 2.45) is 0 Å². The fourth-order valence-corrected chi connectivity index (χ4v) is 2.20. The van der Waals surface area contributed by atoms with Gasteiger partial charge in [-0.15, -0.1) is 0 Å². The maximum Gasteiger partial charge on any atom is 0.254 e. The molecule has 122 valence electrons. The van der Waals surface area contributed by atoms with Crippen LogP contribution in [0, 0.1) is 0 Å². The van der Waals surface area contributed by atoms with Crippen LogP contribution in [0.4, 0.5) is 0 Å². The first-order valence-electron chi connectivity index (χ1n) is 7.37. The van der Waals surface area contributed by atoms with Gasteiger partial charge in [-0.1, -0.05) is 41.6 Å². The average molecular weight is 324 g/mol. The van der Waals surface area contributed by atoms with E-state index in [0.29, 0.717) is 17.4 Å². The molecule has 0 saturated carbocycles. The number of aromatic nitrogens is 3. The molecule has 7 nitrogen and oxygen atoms in total. The predicted octanol–water partition coefficient (Wildman–Crippen LogP) is 2.14. The molecule has 0 aliphatic rings. The summed E-state index contributed by atoms with van der Waals surface area (Å²) >= 11 is 0. The van der Waals surface area contributed by atoms with Gasteiger partial charge in [0.05, 0.1) is 6.54 Å². The van der Waals surface area contributed by atoms with Crippen LogP contribution < -0.4 is 5.32 Å². The minimum atomic E-state index is -0.690. The molecule has 1 N–H and O–H groups in total. The van der Waals surface area contributed by atoms with E-state index in [4.69, 9.17) is 9.26 Å². The Labute approximate surface area is 138 Å². The first-order chi connectivity index (χ1) is 11.8. The normalized spacial score (nSPS) is 11.9. The summed E-state index contributed by atoms with van der Waals surface area (Å²) in [7, 11) is 1.49. The summed E-state index contributed by atoms with van der Waals surface area (Å²) in [4.78, 5) is 20.6. The van der Waals surface area contributed by atoms with Crippen molar-refractivity contribution < 1.29 is 14.1 Å². The molecule has 2 aromatic heterocycles. The van der Waals surface area contributed by atoms with Crippen LogP contribution in [0.2, 0.25) is 0 Å². The predicted molar refractivity (Wildman–Crippen MR) is 85.6 cm³/mol. The highest BCUT2D eigenvalue weighted by molar-refractivity contribution is 5.82. The summed E-state index contributed by atoms with van der Waals surface area (Å²) in [5, 5.41) is 6.59. The number of rotatable bonds is 6. The van der Waals surface area contributed by atoms with Gasteiger partial charge >= 0.3 is 0 Å². The summed E-state index contributed by atoms with van der Waals surface area (Å²) in [6.45, 7) is 0.116. The molecule has 0 saturated heterocycles. The molecule has 3 aromatic rings. The van der Waals surface area contributed by atoms with Crippen LogP contribution in [0.3, 0.4) is 0 Å². The molecule has 0 aliphatic carbocycles. The molecule has 0 bridgehead atoms. The Morgan fingerprint density at radius 2 is 2.00 bits per heavy atom. The smallest absolute Gasteiger partial charge is 0.254 e. The SMILES string of the molecule is CO[C@H](C(=O)NCc1nc(-c2ccccn2)no1)c1ccccc1. The minimum Gasteiger partial charge on any atom is -0.367 e. The second-order valence-corrected chi connectivity index (χ2v) is 4.97. The number of amides is 1. The van der Waals surface area contributed by atoms with Crippen molar-refractivity contribution in [2.45, 2.75) is 12.6 Å². The van der Waals surface area contributed by atoms with E-state index < -0.39 is 6.10 Å². The number of pyridine rings is 1. The van der Waals surface area contributed by atoms with Crippen LogP contribution in [-0.2, 0) is 16.1 Å². The Kier molecular flexibility index (Phi) is 4.93. The van der Waals surface area contributed by atoms with Gasteiger partial charge in [0, 0.05) is 13.3 Å². The lowest BCUT2D eigenvalue weighted by molar-refractivity contribution is -0.131. The molecule has 24 heavy (non-hydrogen) atoms. The molecule has 1 atom stereocenters. The van der Waals surface area contributed by atoms with Crippen molar-refractivity contribution in [2.75, 3.05) is 7.11 Å². The van der Waals surface area contributed by atoms with Crippen LogP contribution in [0.15, 0.2) is 59.3 Å². The number of ether oxygens (including phenoxy) is 1. The topological polar surface area (TPSA) is 90.1 Å². The lowest BCUT2D eigenvalue weighted by Gasteiger charge is -2.14. The number of hydrogen-bond acceptors (Lipinski definition) is 6. The van der Waals surface area contributed by atoms with Crippen molar-refractivity contribution in [3.05, 3.63) is 66.2 Å². The van der Waals surface area contributed by atoms with Crippen molar-refractivity contribution in [3.8, 4) is 11.5 Å². The third-order valence-corrected chi connectivity index (χ3v) is 3.35. The third kappa shape index (κ3) is 3.64. The Balaban J connectivity index is 1.63. The molecule has 2 heterocycles. The summed E-state index contributed by atoms with van der Waals surface area (Å²) in [5.41, 5.74) is 1.38. The van der Waals surface area contributed by atoms with Crippen LogP contribution in [-0.4, -0.2) is 28.1 Å². The maximum absolute atomic E-state index is 12.3.